The van der Waals surface area contributed by atoms with E-state index in [1.807, 2.05) is 0 Å². The van der Waals surface area contributed by atoms with Crippen LogP contribution in [-0.4, -0.2) is 36.5 Å². The lowest BCUT2D eigenvalue weighted by atomic mass is 10.1. The van der Waals surface area contributed by atoms with Crippen LogP contribution >= 0.6 is 11.6 Å². The van der Waals surface area contributed by atoms with Crippen LogP contribution in [0, 0.1) is 11.7 Å². The average Bonchev–Trinajstić information content (AvgIpc) is 2.92. The first-order valence-electron chi connectivity index (χ1n) is 7.45. The van der Waals surface area contributed by atoms with E-state index in [2.05, 4.69) is 19.2 Å². The van der Waals surface area contributed by atoms with Crippen LogP contribution in [-0.2, 0) is 0 Å². The number of nitrogens with one attached hydrogen (secondary N) is 1. The second-order valence-electron chi connectivity index (χ2n) is 6.02. The van der Waals surface area contributed by atoms with Gasteiger partial charge in [-0.25, -0.2) is 4.39 Å². The Hall–Kier alpha value is -1.13. The Morgan fingerprint density at radius 3 is 2.90 bits per heavy atom. The molecule has 0 radical (unpaired) electrons. The largest absolute Gasteiger partial charge is 0.337 e. The number of benzene rings is 1. The molecule has 0 saturated carbocycles. The van der Waals surface area contributed by atoms with E-state index in [-0.39, 0.29) is 11.5 Å². The normalized spacial score (nSPS) is 18.2. The van der Waals surface area contributed by atoms with Gasteiger partial charge in [0.05, 0.1) is 5.56 Å². The predicted octanol–water partition coefficient (Wildman–Crippen LogP) is 3.33. The molecule has 1 aliphatic rings. The second-order valence-corrected chi connectivity index (χ2v) is 6.46. The van der Waals surface area contributed by atoms with E-state index in [0.717, 1.165) is 19.4 Å². The number of amides is 1. The monoisotopic (exact) mass is 312 g/mol. The van der Waals surface area contributed by atoms with Gasteiger partial charge in [0.1, 0.15) is 5.82 Å². The van der Waals surface area contributed by atoms with Crippen molar-refractivity contribution in [2.45, 2.75) is 32.7 Å². The maximum absolute atomic E-state index is 13.9. The van der Waals surface area contributed by atoms with Gasteiger partial charge in [0, 0.05) is 24.2 Å². The SMILES string of the molecule is CC(C)CN(CC1CCCN1)C(=O)c1cc(Cl)ccc1F. The van der Waals surface area contributed by atoms with Crippen molar-refractivity contribution in [2.24, 2.45) is 5.92 Å². The van der Waals surface area contributed by atoms with Gasteiger partial charge >= 0.3 is 0 Å². The summed E-state index contributed by atoms with van der Waals surface area (Å²) in [5.74, 6) is -0.465. The highest BCUT2D eigenvalue weighted by Gasteiger charge is 2.24. The van der Waals surface area contributed by atoms with Gasteiger partial charge < -0.3 is 10.2 Å². The van der Waals surface area contributed by atoms with E-state index in [9.17, 15) is 9.18 Å². The fourth-order valence-electron chi connectivity index (χ4n) is 2.69. The summed E-state index contributed by atoms with van der Waals surface area (Å²) in [7, 11) is 0. The Balaban J connectivity index is 2.17. The summed E-state index contributed by atoms with van der Waals surface area (Å²) in [6.07, 6.45) is 2.18. The van der Waals surface area contributed by atoms with Crippen molar-refractivity contribution in [2.75, 3.05) is 19.6 Å². The van der Waals surface area contributed by atoms with Gasteiger partial charge in [0.15, 0.2) is 0 Å². The molecule has 1 aromatic rings. The molecule has 5 heteroatoms. The lowest BCUT2D eigenvalue weighted by molar-refractivity contribution is 0.0716. The molecule has 1 aromatic carbocycles. The van der Waals surface area contributed by atoms with E-state index < -0.39 is 5.82 Å². The third-order valence-electron chi connectivity index (χ3n) is 3.63. The first-order valence-corrected chi connectivity index (χ1v) is 7.83. The van der Waals surface area contributed by atoms with Crippen molar-refractivity contribution >= 4 is 17.5 Å². The molecule has 1 heterocycles. The zero-order valence-electron chi connectivity index (χ0n) is 12.5. The molecule has 3 nitrogen and oxygen atoms in total. The van der Waals surface area contributed by atoms with Crippen LogP contribution in [0.4, 0.5) is 4.39 Å². The number of hydrogen-bond donors (Lipinski definition) is 1. The van der Waals surface area contributed by atoms with Gasteiger partial charge in [0.25, 0.3) is 5.91 Å². The highest BCUT2D eigenvalue weighted by Crippen LogP contribution is 2.18. The van der Waals surface area contributed by atoms with Crippen LogP contribution in [0.1, 0.15) is 37.0 Å². The Morgan fingerprint density at radius 2 is 2.29 bits per heavy atom. The lowest BCUT2D eigenvalue weighted by Crippen LogP contribution is -2.43. The third-order valence-corrected chi connectivity index (χ3v) is 3.87. The second kappa shape index (κ2) is 7.23. The molecule has 0 aromatic heterocycles. The Morgan fingerprint density at radius 1 is 1.52 bits per heavy atom. The summed E-state index contributed by atoms with van der Waals surface area (Å²) in [6, 6.07) is 4.42. The van der Waals surface area contributed by atoms with Crippen molar-refractivity contribution in [3.8, 4) is 0 Å². The minimum Gasteiger partial charge on any atom is -0.337 e. The van der Waals surface area contributed by atoms with Gasteiger partial charge in [-0.2, -0.15) is 0 Å². The maximum atomic E-state index is 13.9. The van der Waals surface area contributed by atoms with E-state index in [0.29, 0.717) is 30.1 Å². The van der Waals surface area contributed by atoms with Crippen molar-refractivity contribution < 1.29 is 9.18 Å². The summed E-state index contributed by atoms with van der Waals surface area (Å²) < 4.78 is 13.9. The molecule has 1 fully saturated rings. The van der Waals surface area contributed by atoms with Crippen molar-refractivity contribution in [3.63, 3.8) is 0 Å². The summed E-state index contributed by atoms with van der Waals surface area (Å²) in [6.45, 7) is 6.32. The molecule has 0 bridgehead atoms. The highest BCUT2D eigenvalue weighted by molar-refractivity contribution is 6.31. The predicted molar refractivity (Wildman–Crippen MR) is 83.2 cm³/mol. The summed E-state index contributed by atoms with van der Waals surface area (Å²) in [4.78, 5) is 14.4. The molecule has 116 valence electrons. The molecule has 21 heavy (non-hydrogen) atoms. The van der Waals surface area contributed by atoms with Crippen LogP contribution in [0.25, 0.3) is 0 Å². The van der Waals surface area contributed by atoms with Crippen molar-refractivity contribution in [1.29, 1.82) is 0 Å². The van der Waals surface area contributed by atoms with Crippen LogP contribution in [0.15, 0.2) is 18.2 Å². The minimum atomic E-state index is -0.516. The number of halogens is 2. The zero-order valence-corrected chi connectivity index (χ0v) is 13.3. The number of hydrogen-bond acceptors (Lipinski definition) is 2. The third kappa shape index (κ3) is 4.42. The molecule has 1 saturated heterocycles. The van der Waals surface area contributed by atoms with Crippen molar-refractivity contribution in [3.05, 3.63) is 34.6 Å². The number of carbonyl (C=O) groups excluding carboxylic acids is 1. The molecule has 2 rings (SSSR count). The molecule has 0 aliphatic carbocycles. The molecule has 1 N–H and O–H groups in total. The van der Waals surface area contributed by atoms with Crippen LogP contribution in [0.3, 0.4) is 0 Å². The first-order chi connectivity index (χ1) is 9.97. The highest BCUT2D eigenvalue weighted by atomic mass is 35.5. The zero-order chi connectivity index (χ0) is 15.4. The van der Waals surface area contributed by atoms with Gasteiger partial charge in [-0.3, -0.25) is 4.79 Å². The van der Waals surface area contributed by atoms with Crippen molar-refractivity contribution in [1.82, 2.24) is 10.2 Å². The maximum Gasteiger partial charge on any atom is 0.256 e. The molecular weight excluding hydrogens is 291 g/mol. The quantitative estimate of drug-likeness (QED) is 0.904. The molecule has 1 aliphatic heterocycles. The Labute approximate surface area is 130 Å². The molecule has 1 amide bonds. The smallest absolute Gasteiger partial charge is 0.256 e. The fraction of sp³-hybridized carbons (Fsp3) is 0.562. The average molecular weight is 313 g/mol. The molecule has 1 unspecified atom stereocenters. The van der Waals surface area contributed by atoms with Gasteiger partial charge in [-0.15, -0.1) is 0 Å². The van der Waals surface area contributed by atoms with E-state index in [4.69, 9.17) is 11.6 Å². The Kier molecular flexibility index (Phi) is 5.59. The van der Waals surface area contributed by atoms with Crippen LogP contribution < -0.4 is 5.32 Å². The molecule has 0 spiro atoms. The summed E-state index contributed by atoms with van der Waals surface area (Å²) in [5, 5.41) is 3.76. The number of rotatable bonds is 5. The van der Waals surface area contributed by atoms with Gasteiger partial charge in [0.2, 0.25) is 0 Å². The van der Waals surface area contributed by atoms with E-state index in [1.165, 1.54) is 18.2 Å². The fourth-order valence-corrected chi connectivity index (χ4v) is 2.86. The Bertz CT molecular complexity index is 501. The standard InChI is InChI=1S/C16H22ClFN2O/c1-11(2)9-20(10-13-4-3-7-19-13)16(21)14-8-12(17)5-6-15(14)18/h5-6,8,11,13,19H,3-4,7,9-10H2,1-2H3. The first kappa shape index (κ1) is 16.2. The lowest BCUT2D eigenvalue weighted by Gasteiger charge is -2.28. The molecular formula is C16H22ClFN2O. The van der Waals surface area contributed by atoms with Gasteiger partial charge in [-0.1, -0.05) is 25.4 Å². The van der Waals surface area contributed by atoms with Crippen LogP contribution in [0.2, 0.25) is 5.02 Å². The number of carbonyl (C=O) groups is 1. The summed E-state index contributed by atoms with van der Waals surface area (Å²) in [5.41, 5.74) is 0.0566. The minimum absolute atomic E-state index is 0.0566. The number of nitrogens with zero attached hydrogens (tertiary/aromatic N) is 1. The van der Waals surface area contributed by atoms with Gasteiger partial charge in [-0.05, 0) is 43.5 Å². The van der Waals surface area contributed by atoms with Crippen LogP contribution in [0.5, 0.6) is 0 Å². The van der Waals surface area contributed by atoms with E-state index >= 15 is 0 Å². The molecule has 1 atom stereocenters. The topological polar surface area (TPSA) is 32.3 Å². The van der Waals surface area contributed by atoms with E-state index in [1.54, 1.807) is 4.90 Å². The summed E-state index contributed by atoms with van der Waals surface area (Å²) >= 11 is 5.89.